The highest BCUT2D eigenvalue weighted by molar-refractivity contribution is 5.96. The van der Waals surface area contributed by atoms with E-state index in [0.29, 0.717) is 5.56 Å². The molecule has 0 saturated carbocycles. The summed E-state index contributed by atoms with van der Waals surface area (Å²) in [5.41, 5.74) is 0.875. The van der Waals surface area contributed by atoms with Crippen LogP contribution in [0.25, 0.3) is 0 Å². The Morgan fingerprint density at radius 3 is 2.12 bits per heavy atom. The second-order valence-electron chi connectivity index (χ2n) is 6.66. The Morgan fingerprint density at radius 2 is 1.56 bits per heavy atom. The van der Waals surface area contributed by atoms with E-state index in [1.807, 2.05) is 6.92 Å². The molecule has 0 fully saturated rings. The number of ketones is 1. The van der Waals surface area contributed by atoms with Crippen molar-refractivity contribution in [2.75, 3.05) is 19.7 Å². The SMILES string of the molecule is Cc1ccc(C(=O)NCC(=O)NCC(=O)OCC(=O)C(C)(C)C)cc1. The zero-order valence-electron chi connectivity index (χ0n) is 15.0. The molecule has 0 atom stereocenters. The lowest BCUT2D eigenvalue weighted by atomic mass is 9.91. The minimum absolute atomic E-state index is 0.211. The Labute approximate surface area is 147 Å². The number of Topliss-reactive ketones (excluding diaryl/α,β-unsaturated/α-hetero) is 1. The summed E-state index contributed by atoms with van der Waals surface area (Å²) in [5, 5.41) is 4.78. The molecule has 0 heterocycles. The van der Waals surface area contributed by atoms with E-state index in [0.717, 1.165) is 5.56 Å². The van der Waals surface area contributed by atoms with E-state index in [1.54, 1.807) is 45.0 Å². The third-order valence-electron chi connectivity index (χ3n) is 3.35. The van der Waals surface area contributed by atoms with Crippen LogP contribution in [0.1, 0.15) is 36.7 Å². The largest absolute Gasteiger partial charge is 0.456 e. The predicted molar refractivity (Wildman–Crippen MR) is 91.9 cm³/mol. The van der Waals surface area contributed by atoms with Gasteiger partial charge in [-0.15, -0.1) is 0 Å². The number of ether oxygens (including phenoxy) is 1. The highest BCUT2D eigenvalue weighted by atomic mass is 16.5. The quantitative estimate of drug-likeness (QED) is 0.716. The molecular formula is C18H24N2O5. The van der Waals surface area contributed by atoms with Crippen molar-refractivity contribution in [3.63, 3.8) is 0 Å². The number of carbonyl (C=O) groups excluding carboxylic acids is 4. The molecule has 2 amide bonds. The first-order valence-electron chi connectivity index (χ1n) is 7.90. The fourth-order valence-corrected chi connectivity index (χ4v) is 1.61. The number of hydrogen-bond donors (Lipinski definition) is 2. The summed E-state index contributed by atoms with van der Waals surface area (Å²) >= 11 is 0. The zero-order chi connectivity index (χ0) is 19.0. The topological polar surface area (TPSA) is 102 Å². The summed E-state index contributed by atoms with van der Waals surface area (Å²) in [6, 6.07) is 6.91. The summed E-state index contributed by atoms with van der Waals surface area (Å²) in [6.07, 6.45) is 0. The van der Waals surface area contributed by atoms with Gasteiger partial charge in [-0.25, -0.2) is 0 Å². The molecule has 0 spiro atoms. The van der Waals surface area contributed by atoms with Gasteiger partial charge in [-0.1, -0.05) is 38.5 Å². The van der Waals surface area contributed by atoms with E-state index in [1.165, 1.54) is 0 Å². The lowest BCUT2D eigenvalue weighted by Crippen LogP contribution is -2.39. The van der Waals surface area contributed by atoms with Gasteiger partial charge < -0.3 is 15.4 Å². The Hall–Kier alpha value is -2.70. The molecule has 1 rings (SSSR count). The van der Waals surface area contributed by atoms with Crippen molar-refractivity contribution in [2.24, 2.45) is 5.41 Å². The van der Waals surface area contributed by atoms with Gasteiger partial charge in [0.2, 0.25) is 5.91 Å². The summed E-state index contributed by atoms with van der Waals surface area (Å²) < 4.78 is 4.80. The van der Waals surface area contributed by atoms with Crippen molar-refractivity contribution in [2.45, 2.75) is 27.7 Å². The number of hydrogen-bond acceptors (Lipinski definition) is 5. The third kappa shape index (κ3) is 7.60. The van der Waals surface area contributed by atoms with E-state index in [-0.39, 0.29) is 31.4 Å². The summed E-state index contributed by atoms with van der Waals surface area (Å²) in [7, 11) is 0. The lowest BCUT2D eigenvalue weighted by Gasteiger charge is -2.16. The van der Waals surface area contributed by atoms with Crippen LogP contribution < -0.4 is 10.6 Å². The fourth-order valence-electron chi connectivity index (χ4n) is 1.61. The van der Waals surface area contributed by atoms with E-state index < -0.39 is 17.3 Å². The number of nitrogens with one attached hydrogen (secondary N) is 2. The average molecular weight is 348 g/mol. The number of carbonyl (C=O) groups is 4. The molecule has 7 heteroatoms. The van der Waals surface area contributed by atoms with E-state index >= 15 is 0 Å². The van der Waals surface area contributed by atoms with Gasteiger partial charge in [0.1, 0.15) is 6.54 Å². The minimum atomic E-state index is -0.712. The molecule has 0 aromatic heterocycles. The van der Waals surface area contributed by atoms with Gasteiger partial charge in [-0.05, 0) is 19.1 Å². The van der Waals surface area contributed by atoms with Gasteiger partial charge in [-0.3, -0.25) is 19.2 Å². The van der Waals surface area contributed by atoms with Crippen molar-refractivity contribution in [3.8, 4) is 0 Å². The fraction of sp³-hybridized carbons (Fsp3) is 0.444. The molecule has 0 aliphatic heterocycles. The molecule has 0 aliphatic rings. The van der Waals surface area contributed by atoms with Crippen LogP contribution >= 0.6 is 0 Å². The molecule has 0 aliphatic carbocycles. The number of rotatable bonds is 7. The van der Waals surface area contributed by atoms with Crippen LogP contribution in [0.4, 0.5) is 0 Å². The summed E-state index contributed by atoms with van der Waals surface area (Å²) in [6.45, 7) is 6.12. The van der Waals surface area contributed by atoms with Crippen LogP contribution in [0.15, 0.2) is 24.3 Å². The second-order valence-corrected chi connectivity index (χ2v) is 6.66. The summed E-state index contributed by atoms with van der Waals surface area (Å²) in [4.78, 5) is 46.6. The predicted octanol–water partition coefficient (Wildman–Crippen LogP) is 0.999. The van der Waals surface area contributed by atoms with Crippen LogP contribution in [0.2, 0.25) is 0 Å². The highest BCUT2D eigenvalue weighted by Gasteiger charge is 2.22. The van der Waals surface area contributed by atoms with E-state index in [9.17, 15) is 19.2 Å². The van der Waals surface area contributed by atoms with Gasteiger partial charge >= 0.3 is 5.97 Å². The molecule has 1 aromatic carbocycles. The van der Waals surface area contributed by atoms with Gasteiger partial charge in [0.05, 0.1) is 6.54 Å². The molecule has 2 N–H and O–H groups in total. The molecule has 25 heavy (non-hydrogen) atoms. The van der Waals surface area contributed by atoms with Crippen LogP contribution in [0.3, 0.4) is 0 Å². The van der Waals surface area contributed by atoms with Crippen molar-refractivity contribution in [1.29, 1.82) is 0 Å². The monoisotopic (exact) mass is 348 g/mol. The number of benzene rings is 1. The van der Waals surface area contributed by atoms with Gasteiger partial charge in [-0.2, -0.15) is 0 Å². The molecule has 0 unspecified atom stereocenters. The first kappa shape index (κ1) is 20.3. The smallest absolute Gasteiger partial charge is 0.325 e. The Bertz CT molecular complexity index is 644. The number of aryl methyl sites for hydroxylation is 1. The first-order valence-corrected chi connectivity index (χ1v) is 7.90. The number of esters is 1. The maximum absolute atomic E-state index is 11.8. The van der Waals surface area contributed by atoms with Crippen molar-refractivity contribution in [1.82, 2.24) is 10.6 Å². The molecule has 1 aromatic rings. The molecule has 0 bridgehead atoms. The lowest BCUT2D eigenvalue weighted by molar-refractivity contribution is -0.149. The second kappa shape index (κ2) is 8.96. The van der Waals surface area contributed by atoms with Crippen molar-refractivity contribution >= 4 is 23.6 Å². The highest BCUT2D eigenvalue weighted by Crippen LogP contribution is 2.14. The van der Waals surface area contributed by atoms with Gasteiger partial charge in [0.15, 0.2) is 12.4 Å². The van der Waals surface area contributed by atoms with E-state index in [2.05, 4.69) is 10.6 Å². The maximum Gasteiger partial charge on any atom is 0.325 e. The summed E-state index contributed by atoms with van der Waals surface area (Å²) in [5.74, 6) is -1.83. The van der Waals surface area contributed by atoms with Crippen molar-refractivity contribution in [3.05, 3.63) is 35.4 Å². The third-order valence-corrected chi connectivity index (χ3v) is 3.35. The average Bonchev–Trinajstić information content (AvgIpc) is 2.55. The van der Waals surface area contributed by atoms with E-state index in [4.69, 9.17) is 4.74 Å². The molecule has 136 valence electrons. The van der Waals surface area contributed by atoms with Crippen molar-refractivity contribution < 1.29 is 23.9 Å². The molecule has 7 nitrogen and oxygen atoms in total. The minimum Gasteiger partial charge on any atom is -0.456 e. The van der Waals surface area contributed by atoms with Crippen LogP contribution in [0.5, 0.6) is 0 Å². The molecule has 0 saturated heterocycles. The Balaban J connectivity index is 2.28. The standard InChI is InChI=1S/C18H24N2O5/c1-12-5-7-13(8-6-12)17(24)20-9-15(22)19-10-16(23)25-11-14(21)18(2,3)4/h5-8H,9-11H2,1-4H3,(H,19,22)(H,20,24). The Kier molecular flexibility index (Phi) is 7.29. The zero-order valence-corrected chi connectivity index (χ0v) is 15.0. The maximum atomic E-state index is 11.8. The Morgan fingerprint density at radius 1 is 0.960 bits per heavy atom. The van der Waals surface area contributed by atoms with Gasteiger partial charge in [0, 0.05) is 11.0 Å². The molecule has 0 radical (unpaired) electrons. The van der Waals surface area contributed by atoms with Gasteiger partial charge in [0.25, 0.3) is 5.91 Å². The molecular weight excluding hydrogens is 324 g/mol. The number of amides is 2. The van der Waals surface area contributed by atoms with Crippen LogP contribution in [-0.4, -0.2) is 43.3 Å². The normalized spacial score (nSPS) is 10.7. The van der Waals surface area contributed by atoms with Crippen LogP contribution in [0, 0.1) is 12.3 Å². The van der Waals surface area contributed by atoms with Crippen LogP contribution in [-0.2, 0) is 19.1 Å². The first-order chi connectivity index (χ1) is 11.6.